The summed E-state index contributed by atoms with van der Waals surface area (Å²) < 4.78 is 6.05. The number of aromatic hydroxyl groups is 1. The number of hydrogen-bond donors (Lipinski definition) is 2. The molecular weight excluding hydrogens is 326 g/mol. The number of fused-ring (bicyclic) bond motifs is 3. The summed E-state index contributed by atoms with van der Waals surface area (Å²) in [7, 11) is 0. The first kappa shape index (κ1) is 16.5. The summed E-state index contributed by atoms with van der Waals surface area (Å²) in [4.78, 5) is 12.8. The zero-order valence-corrected chi connectivity index (χ0v) is 14.8. The van der Waals surface area contributed by atoms with Crippen LogP contribution in [-0.4, -0.2) is 17.6 Å². The van der Waals surface area contributed by atoms with Crippen LogP contribution in [-0.2, 0) is 5.54 Å². The van der Waals surface area contributed by atoms with Crippen LogP contribution in [0.4, 0.5) is 0 Å². The predicted octanol–water partition coefficient (Wildman–Crippen LogP) is 4.22. The summed E-state index contributed by atoms with van der Waals surface area (Å²) in [5.74, 6) is 0.865. The van der Waals surface area contributed by atoms with Gasteiger partial charge in [-0.15, -0.1) is 0 Å². The Bertz CT molecular complexity index is 981. The molecule has 0 aliphatic carbocycles. The van der Waals surface area contributed by atoms with Crippen molar-refractivity contribution in [2.45, 2.75) is 19.4 Å². The second-order valence-electron chi connectivity index (χ2n) is 7.05. The van der Waals surface area contributed by atoms with E-state index in [1.54, 1.807) is 18.2 Å². The quantitative estimate of drug-likeness (QED) is 0.746. The molecule has 0 radical (unpaired) electrons. The number of benzene rings is 3. The van der Waals surface area contributed by atoms with Gasteiger partial charge in [-0.2, -0.15) is 0 Å². The van der Waals surface area contributed by atoms with Gasteiger partial charge in [-0.1, -0.05) is 56.3 Å². The third-order valence-electron chi connectivity index (χ3n) is 5.26. The largest absolute Gasteiger partial charge is 0.507 e. The molecule has 0 spiro atoms. The Hall–Kier alpha value is -3.01. The molecule has 3 aromatic rings. The lowest BCUT2D eigenvalue weighted by Gasteiger charge is -2.33. The van der Waals surface area contributed by atoms with Crippen LogP contribution in [0, 0.1) is 5.92 Å². The minimum atomic E-state index is -0.691. The molecule has 132 valence electrons. The molecule has 2 N–H and O–H groups in total. The van der Waals surface area contributed by atoms with Crippen LogP contribution in [0.25, 0.3) is 10.8 Å². The molecule has 1 atom stereocenters. The summed E-state index contributed by atoms with van der Waals surface area (Å²) >= 11 is 0. The number of amides is 1. The first-order valence-electron chi connectivity index (χ1n) is 8.78. The van der Waals surface area contributed by atoms with E-state index in [1.165, 1.54) is 0 Å². The number of nitrogens with one attached hydrogen (secondary N) is 1. The third kappa shape index (κ3) is 2.41. The maximum atomic E-state index is 12.8. The van der Waals surface area contributed by atoms with Crippen molar-refractivity contribution in [1.29, 1.82) is 0 Å². The fraction of sp³-hybridized carbons (Fsp3) is 0.227. The topological polar surface area (TPSA) is 58.6 Å². The summed E-state index contributed by atoms with van der Waals surface area (Å²) in [6.45, 7) is 4.44. The van der Waals surface area contributed by atoms with Gasteiger partial charge in [-0.3, -0.25) is 4.79 Å². The Morgan fingerprint density at radius 3 is 2.42 bits per heavy atom. The third-order valence-corrected chi connectivity index (χ3v) is 5.26. The first-order valence-corrected chi connectivity index (χ1v) is 8.78. The lowest BCUT2D eigenvalue weighted by atomic mass is 9.80. The zero-order chi connectivity index (χ0) is 18.3. The normalized spacial score (nSPS) is 18.6. The van der Waals surface area contributed by atoms with Crippen LogP contribution < -0.4 is 10.1 Å². The molecule has 4 rings (SSSR count). The Morgan fingerprint density at radius 2 is 1.73 bits per heavy atom. The van der Waals surface area contributed by atoms with Crippen LogP contribution in [0.2, 0.25) is 0 Å². The molecule has 0 saturated carbocycles. The van der Waals surface area contributed by atoms with Gasteiger partial charge in [0, 0.05) is 21.9 Å². The van der Waals surface area contributed by atoms with Crippen LogP contribution in [0.15, 0.2) is 60.7 Å². The first-order chi connectivity index (χ1) is 12.5. The molecule has 4 heteroatoms. The highest BCUT2D eigenvalue weighted by atomic mass is 16.5. The molecule has 26 heavy (non-hydrogen) atoms. The molecule has 1 aliphatic heterocycles. The van der Waals surface area contributed by atoms with E-state index >= 15 is 0 Å². The Morgan fingerprint density at radius 1 is 1.08 bits per heavy atom. The van der Waals surface area contributed by atoms with Gasteiger partial charge in [-0.25, -0.2) is 0 Å². The lowest BCUT2D eigenvalue weighted by molar-refractivity contribution is 0.0829. The maximum Gasteiger partial charge on any atom is 0.252 e. The van der Waals surface area contributed by atoms with E-state index in [9.17, 15) is 9.90 Å². The van der Waals surface area contributed by atoms with Crippen molar-refractivity contribution in [2.24, 2.45) is 5.92 Å². The van der Waals surface area contributed by atoms with E-state index in [-0.39, 0.29) is 17.6 Å². The van der Waals surface area contributed by atoms with E-state index in [0.717, 1.165) is 22.1 Å². The predicted molar refractivity (Wildman–Crippen MR) is 102 cm³/mol. The van der Waals surface area contributed by atoms with Gasteiger partial charge < -0.3 is 15.2 Å². The van der Waals surface area contributed by atoms with Gasteiger partial charge in [0.2, 0.25) is 0 Å². The number of carbonyl (C=O) groups is 1. The van der Waals surface area contributed by atoms with E-state index < -0.39 is 5.54 Å². The highest BCUT2D eigenvalue weighted by molar-refractivity contribution is 5.97. The van der Waals surface area contributed by atoms with Gasteiger partial charge in [0.25, 0.3) is 5.91 Å². The van der Waals surface area contributed by atoms with Crippen LogP contribution in [0.5, 0.6) is 11.5 Å². The van der Waals surface area contributed by atoms with Crippen molar-refractivity contribution >= 4 is 16.7 Å². The average molecular weight is 347 g/mol. The van der Waals surface area contributed by atoms with Crippen molar-refractivity contribution in [3.05, 3.63) is 71.8 Å². The Kier molecular flexibility index (Phi) is 3.83. The zero-order valence-electron chi connectivity index (χ0n) is 14.8. The van der Waals surface area contributed by atoms with Crippen molar-refractivity contribution in [3.63, 3.8) is 0 Å². The Balaban J connectivity index is 1.84. The van der Waals surface area contributed by atoms with Gasteiger partial charge in [0.05, 0.1) is 0 Å². The summed E-state index contributed by atoms with van der Waals surface area (Å²) in [6.07, 6.45) is 0. The number of phenolic OH excluding ortho intramolecular Hbond substituents is 1. The molecule has 1 heterocycles. The Labute approximate surface area is 152 Å². The second-order valence-corrected chi connectivity index (χ2v) is 7.05. The van der Waals surface area contributed by atoms with Gasteiger partial charge in [0.15, 0.2) is 0 Å². The van der Waals surface area contributed by atoms with E-state index in [1.807, 2.05) is 42.5 Å². The molecule has 0 bridgehead atoms. The molecule has 0 aromatic heterocycles. The maximum absolute atomic E-state index is 12.8. The van der Waals surface area contributed by atoms with Crippen LogP contribution >= 0.6 is 0 Å². The molecule has 0 unspecified atom stereocenters. The smallest absolute Gasteiger partial charge is 0.252 e. The van der Waals surface area contributed by atoms with Crippen LogP contribution in [0.1, 0.15) is 29.8 Å². The average Bonchev–Trinajstić information content (AvgIpc) is 3.02. The fourth-order valence-electron chi connectivity index (χ4n) is 3.67. The monoisotopic (exact) mass is 347 g/mol. The van der Waals surface area contributed by atoms with Gasteiger partial charge >= 0.3 is 0 Å². The number of rotatable bonds is 3. The molecule has 1 amide bonds. The van der Waals surface area contributed by atoms with E-state index in [2.05, 4.69) is 19.2 Å². The van der Waals surface area contributed by atoms with Crippen molar-refractivity contribution in [2.75, 3.05) is 6.61 Å². The van der Waals surface area contributed by atoms with Crippen LogP contribution in [0.3, 0.4) is 0 Å². The van der Waals surface area contributed by atoms with Crippen molar-refractivity contribution in [1.82, 2.24) is 5.32 Å². The minimum Gasteiger partial charge on any atom is -0.507 e. The summed E-state index contributed by atoms with van der Waals surface area (Å²) in [5.41, 5.74) is 0.739. The summed E-state index contributed by atoms with van der Waals surface area (Å²) in [6, 6.07) is 18.5. The van der Waals surface area contributed by atoms with Gasteiger partial charge in [0.1, 0.15) is 23.6 Å². The number of hydrogen-bond acceptors (Lipinski definition) is 3. The molecule has 4 nitrogen and oxygen atoms in total. The van der Waals surface area contributed by atoms with Crippen molar-refractivity contribution < 1.29 is 14.6 Å². The molecule has 0 fully saturated rings. The molecule has 1 aliphatic rings. The molecular formula is C22H21NO3. The molecule has 3 aromatic carbocycles. The highest BCUT2D eigenvalue weighted by Crippen LogP contribution is 2.48. The highest BCUT2D eigenvalue weighted by Gasteiger charge is 2.46. The fourth-order valence-corrected chi connectivity index (χ4v) is 3.67. The number of ether oxygens (including phenoxy) is 1. The van der Waals surface area contributed by atoms with Gasteiger partial charge in [-0.05, 0) is 24.1 Å². The van der Waals surface area contributed by atoms with E-state index in [4.69, 9.17) is 4.74 Å². The standard InChI is InChI=1S/C22H21NO3/c1-14(2)22(23-21(25)15-8-4-3-5-9-15)13-26-20-17-11-7-6-10-16(17)19(24)12-18(20)22/h3-12,14,24H,13H2,1-2H3,(H,23,25)/t22-/m1/s1. The minimum absolute atomic E-state index is 0.0805. The van der Waals surface area contributed by atoms with Crippen molar-refractivity contribution in [3.8, 4) is 11.5 Å². The number of phenols is 1. The van der Waals surface area contributed by atoms with E-state index in [0.29, 0.717) is 12.2 Å². The second kappa shape index (κ2) is 6.06. The lowest BCUT2D eigenvalue weighted by Crippen LogP contribution is -2.51. The molecule has 0 saturated heterocycles. The number of carbonyl (C=O) groups excluding carboxylic acids is 1. The SMILES string of the molecule is CC(C)[C@]1(NC(=O)c2ccccc2)COc2c1cc(O)c1ccccc21. The summed E-state index contributed by atoms with van der Waals surface area (Å²) in [5, 5.41) is 15.3.